The number of benzene rings is 3. The van der Waals surface area contributed by atoms with Crippen molar-refractivity contribution in [3.8, 4) is 5.75 Å². The molecule has 3 aromatic rings. The third-order valence-corrected chi connectivity index (χ3v) is 7.86. The summed E-state index contributed by atoms with van der Waals surface area (Å²) in [4.78, 5) is 25.4. The van der Waals surface area contributed by atoms with E-state index in [-0.39, 0.29) is 5.78 Å². The van der Waals surface area contributed by atoms with Gasteiger partial charge in [0.15, 0.2) is 11.6 Å². The molecule has 0 bridgehead atoms. The minimum absolute atomic E-state index is 0.0475. The molecule has 0 heterocycles. The first-order valence-electron chi connectivity index (χ1n) is 13.4. The van der Waals surface area contributed by atoms with Crippen LogP contribution in [0.1, 0.15) is 59.2 Å². The van der Waals surface area contributed by atoms with Gasteiger partial charge in [0.1, 0.15) is 29.0 Å². The number of hydrogen-bond donors (Lipinski definition) is 0. The molecule has 2 atom stereocenters. The molecule has 0 N–H and O–H groups in total. The Bertz CT molecular complexity index is 1590. The van der Waals surface area contributed by atoms with Crippen molar-refractivity contribution in [1.29, 1.82) is 0 Å². The Balaban J connectivity index is 1.50. The number of allylic oxidation sites excluding steroid dienone is 6. The number of methoxy groups -OCH3 is 1. The number of carbonyl (C=O) groups excluding carboxylic acids is 2. The molecule has 7 heteroatoms. The summed E-state index contributed by atoms with van der Waals surface area (Å²) in [6, 6.07) is 12.4. The topological polar surface area (TPSA) is 43.4 Å². The smallest absolute Gasteiger partial charge is 0.176 e. The number of para-hydroxylation sites is 1. The van der Waals surface area contributed by atoms with Gasteiger partial charge in [-0.2, -0.15) is 0 Å². The molecule has 3 aromatic carbocycles. The quantitative estimate of drug-likeness (QED) is 0.196. The molecule has 0 aromatic heterocycles. The summed E-state index contributed by atoms with van der Waals surface area (Å²) in [5.74, 6) is -5.77. The lowest BCUT2D eigenvalue weighted by molar-refractivity contribution is -0.113. The van der Waals surface area contributed by atoms with Gasteiger partial charge in [0, 0.05) is 24.0 Å². The predicted molar refractivity (Wildman–Crippen MR) is 149 cm³/mol. The lowest BCUT2D eigenvalue weighted by Gasteiger charge is -2.23. The van der Waals surface area contributed by atoms with E-state index in [1.54, 1.807) is 25.1 Å². The molecular formula is C34H28F4O3. The maximum atomic E-state index is 14.7. The summed E-state index contributed by atoms with van der Waals surface area (Å²) in [5.41, 5.74) is 4.10. The number of Topliss-reactive ketones (excluding diaryl/α,β-unsaturated/α-hetero) is 2. The van der Waals surface area contributed by atoms with E-state index in [1.165, 1.54) is 19.2 Å². The van der Waals surface area contributed by atoms with Crippen molar-refractivity contribution in [2.45, 2.75) is 38.5 Å². The third-order valence-electron chi connectivity index (χ3n) is 7.86. The number of rotatable bonds is 9. The SMILES string of the molecule is COc1c(CCC2=CC=C(C(C)=O)C2)cccc1C1CC(c2ccc(F)cc2)=CC1C(=O)c1c(F)cc(F)cc1F. The van der Waals surface area contributed by atoms with E-state index in [9.17, 15) is 27.2 Å². The number of ketones is 2. The molecule has 0 saturated carbocycles. The molecule has 41 heavy (non-hydrogen) atoms. The van der Waals surface area contributed by atoms with E-state index in [0.717, 1.165) is 22.3 Å². The zero-order chi connectivity index (χ0) is 29.3. The molecule has 2 aliphatic rings. The molecule has 0 radical (unpaired) electrons. The average molecular weight is 561 g/mol. The minimum atomic E-state index is -1.26. The molecule has 210 valence electrons. The van der Waals surface area contributed by atoms with Crippen LogP contribution in [-0.2, 0) is 11.2 Å². The van der Waals surface area contributed by atoms with Crippen molar-refractivity contribution in [2.24, 2.45) is 5.92 Å². The highest BCUT2D eigenvalue weighted by atomic mass is 19.1. The molecule has 2 unspecified atom stereocenters. The van der Waals surface area contributed by atoms with Crippen LogP contribution in [0.2, 0.25) is 0 Å². The van der Waals surface area contributed by atoms with E-state index in [2.05, 4.69) is 0 Å². The Labute approximate surface area is 235 Å². The molecule has 3 nitrogen and oxygen atoms in total. The van der Waals surface area contributed by atoms with E-state index in [4.69, 9.17) is 4.74 Å². The maximum Gasteiger partial charge on any atom is 0.176 e. The van der Waals surface area contributed by atoms with Crippen LogP contribution >= 0.6 is 0 Å². The zero-order valence-electron chi connectivity index (χ0n) is 22.6. The molecule has 0 fully saturated rings. The fourth-order valence-corrected chi connectivity index (χ4v) is 5.78. The third kappa shape index (κ3) is 5.80. The van der Waals surface area contributed by atoms with Crippen LogP contribution in [0.25, 0.3) is 5.57 Å². The number of hydrogen-bond acceptors (Lipinski definition) is 3. The summed E-state index contributed by atoms with van der Waals surface area (Å²) in [7, 11) is 1.53. The van der Waals surface area contributed by atoms with Crippen molar-refractivity contribution in [3.05, 3.63) is 129 Å². The van der Waals surface area contributed by atoms with E-state index in [0.29, 0.717) is 54.7 Å². The summed E-state index contributed by atoms with van der Waals surface area (Å²) in [6.07, 6.45) is 7.73. The second-order valence-corrected chi connectivity index (χ2v) is 10.4. The van der Waals surface area contributed by atoms with Crippen LogP contribution in [0.3, 0.4) is 0 Å². The lowest BCUT2D eigenvalue weighted by atomic mass is 9.81. The van der Waals surface area contributed by atoms with Gasteiger partial charge in [-0.05, 0) is 72.6 Å². The highest BCUT2D eigenvalue weighted by Crippen LogP contribution is 2.48. The monoisotopic (exact) mass is 560 g/mol. The first kappa shape index (κ1) is 28.3. The van der Waals surface area contributed by atoms with Crippen molar-refractivity contribution in [2.75, 3.05) is 7.11 Å². The summed E-state index contributed by atoms with van der Waals surface area (Å²) in [6.45, 7) is 1.55. The Morgan fingerprint density at radius 3 is 2.24 bits per heavy atom. The number of carbonyl (C=O) groups is 2. The van der Waals surface area contributed by atoms with Gasteiger partial charge in [0.25, 0.3) is 0 Å². The standard InChI is InChI=1S/C34H28F4O3/c1-19(39)23-9-7-20(14-23)6-8-22-4-3-5-27(34(22)41-2)28-15-24(21-10-12-25(35)13-11-21)16-29(28)33(40)32-30(37)17-26(36)18-31(32)38/h3-5,7,9-13,16-18,28-29H,6,8,14-15H2,1-2H3. The Morgan fingerprint density at radius 1 is 0.902 bits per heavy atom. The van der Waals surface area contributed by atoms with E-state index < -0.39 is 46.5 Å². The van der Waals surface area contributed by atoms with Crippen molar-refractivity contribution in [3.63, 3.8) is 0 Å². The second kappa shape index (κ2) is 11.7. The van der Waals surface area contributed by atoms with Gasteiger partial charge < -0.3 is 4.74 Å². The molecule has 2 aliphatic carbocycles. The fraction of sp³-hybridized carbons (Fsp3) is 0.235. The fourth-order valence-electron chi connectivity index (χ4n) is 5.78. The van der Waals surface area contributed by atoms with Gasteiger partial charge in [0.05, 0.1) is 12.7 Å². The molecule has 0 amide bonds. The maximum absolute atomic E-state index is 14.7. The van der Waals surface area contributed by atoms with Crippen molar-refractivity contribution >= 4 is 17.1 Å². The summed E-state index contributed by atoms with van der Waals surface area (Å²) < 4.78 is 62.5. The molecule has 0 aliphatic heterocycles. The molecule has 0 saturated heterocycles. The molecular weight excluding hydrogens is 532 g/mol. The number of aryl methyl sites for hydroxylation is 1. The van der Waals surface area contributed by atoms with Gasteiger partial charge >= 0.3 is 0 Å². The largest absolute Gasteiger partial charge is 0.496 e. The molecule has 0 spiro atoms. The van der Waals surface area contributed by atoms with Crippen molar-refractivity contribution in [1.82, 2.24) is 0 Å². The normalized spacial score (nSPS) is 18.1. The first-order chi connectivity index (χ1) is 19.7. The van der Waals surface area contributed by atoms with Gasteiger partial charge in [-0.25, -0.2) is 17.6 Å². The van der Waals surface area contributed by atoms with Crippen LogP contribution < -0.4 is 4.74 Å². The lowest BCUT2D eigenvalue weighted by Crippen LogP contribution is -2.21. The highest BCUT2D eigenvalue weighted by Gasteiger charge is 2.38. The predicted octanol–water partition coefficient (Wildman–Crippen LogP) is 8.10. The minimum Gasteiger partial charge on any atom is -0.496 e. The summed E-state index contributed by atoms with van der Waals surface area (Å²) >= 11 is 0. The van der Waals surface area contributed by atoms with Crippen LogP contribution in [0, 0.1) is 29.2 Å². The zero-order valence-corrected chi connectivity index (χ0v) is 22.6. The van der Waals surface area contributed by atoms with Crippen LogP contribution in [0.15, 0.2) is 84.0 Å². The summed E-state index contributed by atoms with van der Waals surface area (Å²) in [5, 5.41) is 0. The van der Waals surface area contributed by atoms with Gasteiger partial charge in [-0.1, -0.05) is 54.1 Å². The number of halogens is 4. The van der Waals surface area contributed by atoms with Crippen molar-refractivity contribution < 1.29 is 31.9 Å². The first-order valence-corrected chi connectivity index (χ1v) is 13.4. The second-order valence-electron chi connectivity index (χ2n) is 10.4. The van der Waals surface area contributed by atoms with Crippen LogP contribution in [0.5, 0.6) is 5.75 Å². The Morgan fingerprint density at radius 2 is 1.61 bits per heavy atom. The van der Waals surface area contributed by atoms with Crippen LogP contribution in [0.4, 0.5) is 17.6 Å². The van der Waals surface area contributed by atoms with Crippen LogP contribution in [-0.4, -0.2) is 18.7 Å². The number of ether oxygens (including phenoxy) is 1. The Kier molecular flexibility index (Phi) is 8.06. The highest BCUT2D eigenvalue weighted by molar-refractivity contribution is 6.02. The van der Waals surface area contributed by atoms with Gasteiger partial charge in [-0.15, -0.1) is 0 Å². The van der Waals surface area contributed by atoms with E-state index in [1.807, 2.05) is 30.4 Å². The van der Waals surface area contributed by atoms with Gasteiger partial charge in [-0.3, -0.25) is 9.59 Å². The van der Waals surface area contributed by atoms with E-state index >= 15 is 0 Å². The average Bonchev–Trinajstić information content (AvgIpc) is 3.59. The van der Waals surface area contributed by atoms with Gasteiger partial charge in [0.2, 0.25) is 0 Å². The molecule has 5 rings (SSSR count). The Hall–Kier alpha value is -4.26.